The first-order valence-electron chi connectivity index (χ1n) is 15.7. The molecule has 3 aromatic carbocycles. The van der Waals surface area contributed by atoms with E-state index in [0.717, 1.165) is 0 Å². The minimum atomic E-state index is -1.57. The van der Waals surface area contributed by atoms with E-state index in [9.17, 15) is 14.7 Å². The summed E-state index contributed by atoms with van der Waals surface area (Å²) >= 11 is 0. The lowest BCUT2D eigenvalue weighted by Crippen LogP contribution is -2.38. The molecule has 6 heteroatoms. The number of hydrogen-bond donors (Lipinski definition) is 3. The number of ketones is 1. The van der Waals surface area contributed by atoms with Crippen LogP contribution in [0.2, 0.25) is 0 Å². The van der Waals surface area contributed by atoms with Gasteiger partial charge in [-0.2, -0.15) is 0 Å². The largest absolute Gasteiger partial charge is 0.445 e. The predicted octanol–water partition coefficient (Wildman–Crippen LogP) is 7.39. The molecule has 3 aromatic rings. The fourth-order valence-electron chi connectivity index (χ4n) is 6.16. The van der Waals surface area contributed by atoms with Crippen LogP contribution in [0, 0.1) is 0 Å². The fourth-order valence-corrected chi connectivity index (χ4v) is 6.16. The summed E-state index contributed by atoms with van der Waals surface area (Å²) in [6, 6.07) is 24.1. The molecule has 228 valence electrons. The molecule has 4 rings (SSSR count). The summed E-state index contributed by atoms with van der Waals surface area (Å²) in [5, 5.41) is 15.3. The number of Topliss-reactive ketones (excluding diaryl/α,β-unsaturated/α-hetero) is 1. The molecule has 0 saturated heterocycles. The van der Waals surface area contributed by atoms with Crippen molar-refractivity contribution in [2.75, 3.05) is 13.2 Å². The van der Waals surface area contributed by atoms with Gasteiger partial charge in [0.25, 0.3) is 0 Å². The molecule has 0 aliphatic heterocycles. The lowest BCUT2D eigenvalue weighted by molar-refractivity contribution is 0.0933. The van der Waals surface area contributed by atoms with E-state index in [1.165, 1.54) is 69.4 Å². The Labute approximate surface area is 256 Å². The second kappa shape index (κ2) is 16.2. The Morgan fingerprint density at radius 1 is 0.884 bits per heavy atom. The van der Waals surface area contributed by atoms with Crippen molar-refractivity contribution in [1.82, 2.24) is 5.32 Å². The van der Waals surface area contributed by atoms with E-state index in [-0.39, 0.29) is 25.4 Å². The average molecular weight is 583 g/mol. The molecule has 0 aromatic heterocycles. The smallest absolute Gasteiger partial charge is 0.407 e. The van der Waals surface area contributed by atoms with E-state index in [1.807, 2.05) is 48.5 Å². The number of aliphatic hydroxyl groups is 1. The van der Waals surface area contributed by atoms with Crippen LogP contribution in [0.5, 0.6) is 0 Å². The SMILES string of the molecule is C=CCOC(=O)NCCC(N)C(=O)c1ccccc1C(O)(c1ccccc1)c1ccc(C2CCCCCCCCC2)cc1. The summed E-state index contributed by atoms with van der Waals surface area (Å²) in [6.07, 6.45) is 12.6. The predicted molar refractivity (Wildman–Crippen MR) is 172 cm³/mol. The van der Waals surface area contributed by atoms with Gasteiger partial charge in [0, 0.05) is 17.7 Å². The van der Waals surface area contributed by atoms with Gasteiger partial charge in [-0.15, -0.1) is 0 Å². The van der Waals surface area contributed by atoms with Crippen LogP contribution in [-0.2, 0) is 10.3 Å². The second-order valence-electron chi connectivity index (χ2n) is 11.6. The summed E-state index contributed by atoms with van der Waals surface area (Å²) in [6.45, 7) is 3.80. The van der Waals surface area contributed by atoms with Gasteiger partial charge in [-0.1, -0.05) is 136 Å². The first-order valence-corrected chi connectivity index (χ1v) is 15.7. The summed E-state index contributed by atoms with van der Waals surface area (Å²) < 4.78 is 4.92. The Bertz CT molecular complexity index is 1310. The normalized spacial score (nSPS) is 16.8. The topological polar surface area (TPSA) is 102 Å². The van der Waals surface area contributed by atoms with Crippen molar-refractivity contribution in [2.45, 2.75) is 81.8 Å². The van der Waals surface area contributed by atoms with Crippen LogP contribution in [0.3, 0.4) is 0 Å². The molecule has 43 heavy (non-hydrogen) atoms. The molecule has 1 aliphatic rings. The average Bonchev–Trinajstić information content (AvgIpc) is 3.06. The lowest BCUT2D eigenvalue weighted by Gasteiger charge is -2.32. The van der Waals surface area contributed by atoms with E-state index in [2.05, 4.69) is 24.0 Å². The Morgan fingerprint density at radius 3 is 2.12 bits per heavy atom. The van der Waals surface area contributed by atoms with Crippen LogP contribution in [0.4, 0.5) is 4.79 Å². The van der Waals surface area contributed by atoms with E-state index in [0.29, 0.717) is 28.2 Å². The third-order valence-electron chi connectivity index (χ3n) is 8.57. The number of alkyl carbamates (subject to hydrolysis) is 1. The van der Waals surface area contributed by atoms with E-state index in [1.54, 1.807) is 18.2 Å². The highest BCUT2D eigenvalue weighted by atomic mass is 16.5. The summed E-state index contributed by atoms with van der Waals surface area (Å²) in [5.41, 5.74) is 8.27. The number of carbonyl (C=O) groups excluding carboxylic acids is 2. The Morgan fingerprint density at radius 2 is 1.47 bits per heavy atom. The van der Waals surface area contributed by atoms with Gasteiger partial charge in [0.05, 0.1) is 6.04 Å². The van der Waals surface area contributed by atoms with Crippen LogP contribution in [0.25, 0.3) is 0 Å². The zero-order valence-electron chi connectivity index (χ0n) is 25.2. The van der Waals surface area contributed by atoms with Gasteiger partial charge in [0.15, 0.2) is 5.78 Å². The number of ether oxygens (including phenoxy) is 1. The molecule has 1 fully saturated rings. The molecule has 6 nitrogen and oxygen atoms in total. The van der Waals surface area contributed by atoms with Gasteiger partial charge in [-0.3, -0.25) is 4.79 Å². The number of hydrogen-bond acceptors (Lipinski definition) is 5. The maximum Gasteiger partial charge on any atom is 0.407 e. The van der Waals surface area contributed by atoms with E-state index in [4.69, 9.17) is 10.5 Å². The monoisotopic (exact) mass is 582 g/mol. The maximum atomic E-state index is 13.7. The van der Waals surface area contributed by atoms with Crippen LogP contribution in [-0.4, -0.2) is 36.2 Å². The molecule has 0 bridgehead atoms. The molecular weight excluding hydrogens is 536 g/mol. The van der Waals surface area contributed by atoms with Crippen LogP contribution < -0.4 is 11.1 Å². The summed E-state index contributed by atoms with van der Waals surface area (Å²) in [4.78, 5) is 25.5. The second-order valence-corrected chi connectivity index (χ2v) is 11.6. The van der Waals surface area contributed by atoms with Gasteiger partial charge >= 0.3 is 6.09 Å². The zero-order valence-corrected chi connectivity index (χ0v) is 25.2. The first-order chi connectivity index (χ1) is 20.9. The van der Waals surface area contributed by atoms with E-state index < -0.39 is 17.7 Å². The molecule has 2 unspecified atom stereocenters. The Balaban J connectivity index is 1.62. The third-order valence-corrected chi connectivity index (χ3v) is 8.57. The molecule has 0 radical (unpaired) electrons. The van der Waals surface area contributed by atoms with Crippen LogP contribution in [0.1, 0.15) is 103 Å². The summed E-state index contributed by atoms with van der Waals surface area (Å²) in [5.74, 6) is 0.218. The highest BCUT2D eigenvalue weighted by Crippen LogP contribution is 2.40. The molecule has 2 atom stereocenters. The van der Waals surface area contributed by atoms with Crippen LogP contribution >= 0.6 is 0 Å². The Hall–Kier alpha value is -3.74. The van der Waals surface area contributed by atoms with Crippen molar-refractivity contribution in [2.24, 2.45) is 5.73 Å². The number of carbonyl (C=O) groups is 2. The molecule has 0 heterocycles. The van der Waals surface area contributed by atoms with Crippen LogP contribution in [0.15, 0.2) is 91.5 Å². The number of benzene rings is 3. The quantitative estimate of drug-likeness (QED) is 0.124. The summed E-state index contributed by atoms with van der Waals surface area (Å²) in [7, 11) is 0. The van der Waals surface area contributed by atoms with Gasteiger partial charge < -0.3 is 20.9 Å². The molecule has 4 N–H and O–H groups in total. The van der Waals surface area contributed by atoms with E-state index >= 15 is 0 Å². The number of nitrogens with one attached hydrogen (secondary N) is 1. The van der Waals surface area contributed by atoms with Crippen molar-refractivity contribution in [3.05, 3.63) is 119 Å². The van der Waals surface area contributed by atoms with Gasteiger partial charge in [-0.05, 0) is 41.9 Å². The molecule has 1 aliphatic carbocycles. The third kappa shape index (κ3) is 8.43. The van der Waals surface area contributed by atoms with Gasteiger partial charge in [0.1, 0.15) is 12.2 Å². The molecule has 1 saturated carbocycles. The van der Waals surface area contributed by atoms with Crippen molar-refractivity contribution >= 4 is 11.9 Å². The van der Waals surface area contributed by atoms with Crippen molar-refractivity contribution < 1.29 is 19.4 Å². The minimum absolute atomic E-state index is 0.101. The highest BCUT2D eigenvalue weighted by Gasteiger charge is 2.37. The zero-order chi connectivity index (χ0) is 30.5. The first kappa shape index (κ1) is 32.2. The highest BCUT2D eigenvalue weighted by molar-refractivity contribution is 6.01. The van der Waals surface area contributed by atoms with Crippen molar-refractivity contribution in [3.63, 3.8) is 0 Å². The van der Waals surface area contributed by atoms with Gasteiger partial charge in [0.2, 0.25) is 0 Å². The molecular formula is C37H46N2O4. The van der Waals surface area contributed by atoms with Crippen molar-refractivity contribution in [1.29, 1.82) is 0 Å². The minimum Gasteiger partial charge on any atom is -0.445 e. The number of rotatable bonds is 11. The standard InChI is InChI=1S/C37H46N2O4/c1-2-27-43-36(41)39-26-25-34(38)35(40)32-19-13-14-20-33(32)37(42,30-17-11-8-12-18-30)31-23-21-29(22-24-31)28-15-9-6-4-3-5-7-10-16-28/h2,8,11-14,17-24,28,34,42H,1,3-7,9-10,15-16,25-27,38H2,(H,39,41). The lowest BCUT2D eigenvalue weighted by atomic mass is 9.76. The Kier molecular flexibility index (Phi) is 12.1. The fraction of sp³-hybridized carbons (Fsp3) is 0.405. The molecule has 1 amide bonds. The van der Waals surface area contributed by atoms with Gasteiger partial charge in [-0.25, -0.2) is 4.79 Å². The number of amides is 1. The maximum absolute atomic E-state index is 13.7. The van der Waals surface area contributed by atoms with Crippen molar-refractivity contribution in [3.8, 4) is 0 Å². The molecule has 0 spiro atoms. The number of nitrogens with two attached hydrogens (primary N) is 1.